The number of carbonyl (C=O) groups is 4. The van der Waals surface area contributed by atoms with Gasteiger partial charge >= 0.3 is 23.9 Å². The average molecular weight is 1340 g/mol. The minimum atomic E-state index is -1.31. The van der Waals surface area contributed by atoms with Crippen molar-refractivity contribution in [1.29, 1.82) is 0 Å². The molecule has 5 aliphatic heterocycles. The fourth-order valence-corrected chi connectivity index (χ4v) is 14.5. The third kappa shape index (κ3) is 14.6. The van der Waals surface area contributed by atoms with Gasteiger partial charge in [-0.15, -0.1) is 0 Å². The Hall–Kier alpha value is -9.83. The lowest BCUT2D eigenvalue weighted by molar-refractivity contribution is 0.0485. The number of hydrogen-bond acceptors (Lipinski definition) is 16. The van der Waals surface area contributed by atoms with E-state index in [0.29, 0.717) is 87.0 Å². The SMILES string of the molecule is CCCCCCCCOC(=O)c1c2c(c(C(=O)OCCCCCCCC)c3ccccc13)C1=NC2=NC2=NC(N=C3N=C(N=C4N=C(N1)c1cc5ccccc5cc14)c1cc4ccccc4cc13)c1c2c(C(=O)OCCCCCCCC)c2ccccc2c1C(=O)OCCCCCCCC. The molecule has 514 valence electrons. The second-order valence-electron chi connectivity index (χ2n) is 26.9. The Kier molecular flexibility index (Phi) is 22.3. The number of ether oxygens (including phenoxy) is 4. The standard InChI is InChI=1S/C84H90N8O8/c1-5-9-13-17-21-33-45-97-81(93)65-57-41-29-31-43-59(57)67(83(95)99-47-35-23-19-15-11-7-3)71-69(65)77-88-75-63-51-55-39-27-25-37-53(55)49-61(63)73(86-75)85-74-62-50-54-38-26-28-40-56(54)52-64(62)76(87-74)89-78-70-66(82(94)98-46-34-22-18-14-10-6-2)58-42-30-32-44-60(58)68(72(70)80(91-78)92-79(71)90-77)84(96)100-48-36-24-20-16-12-8-4/h25-32,37-44,49-52,77H,5-24,33-36,45-48H2,1-4H3,(H,85,86,87,88,89,90,91,92). The summed E-state index contributed by atoms with van der Waals surface area (Å²) in [5, 5.41) is 9.13. The van der Waals surface area contributed by atoms with E-state index in [1.54, 1.807) is 0 Å². The third-order valence-corrected chi connectivity index (χ3v) is 19.7. The van der Waals surface area contributed by atoms with Crippen LogP contribution in [-0.4, -0.2) is 91.2 Å². The molecule has 0 fully saturated rings. The quantitative estimate of drug-likeness (QED) is 0.0242. The van der Waals surface area contributed by atoms with Crippen LogP contribution in [0.25, 0.3) is 43.1 Å². The Morgan fingerprint density at radius 1 is 0.320 bits per heavy atom. The molecule has 1 atom stereocenters. The summed E-state index contributed by atoms with van der Waals surface area (Å²) in [7, 11) is 0. The topological polar surface area (TPSA) is 204 Å². The highest BCUT2D eigenvalue weighted by Crippen LogP contribution is 2.45. The Morgan fingerprint density at radius 2 is 0.640 bits per heavy atom. The summed E-state index contributed by atoms with van der Waals surface area (Å²) in [4.78, 5) is 101. The summed E-state index contributed by atoms with van der Waals surface area (Å²) in [6.45, 7) is 9.31. The van der Waals surface area contributed by atoms with E-state index in [0.717, 1.165) is 150 Å². The Bertz CT molecular complexity index is 4710. The zero-order valence-electron chi connectivity index (χ0n) is 58.3. The normalized spacial score (nSPS) is 14.7. The van der Waals surface area contributed by atoms with Gasteiger partial charge in [0.05, 0.1) is 48.7 Å². The number of carbonyl (C=O) groups excluding carboxylic acids is 4. The fourth-order valence-electron chi connectivity index (χ4n) is 14.5. The molecule has 0 radical (unpaired) electrons. The molecule has 0 saturated heterocycles. The van der Waals surface area contributed by atoms with Crippen molar-refractivity contribution in [3.63, 3.8) is 0 Å². The van der Waals surface area contributed by atoms with Crippen molar-refractivity contribution in [3.8, 4) is 0 Å². The first-order chi connectivity index (χ1) is 49.2. The van der Waals surface area contributed by atoms with Crippen molar-refractivity contribution in [3.05, 3.63) is 188 Å². The van der Waals surface area contributed by atoms with Crippen LogP contribution in [0.2, 0.25) is 0 Å². The number of aliphatic imine (C=N–C) groups is 7. The number of nitrogens with zero attached hydrogens (tertiary/aromatic N) is 7. The van der Waals surface area contributed by atoms with Gasteiger partial charge in [0.2, 0.25) is 0 Å². The van der Waals surface area contributed by atoms with E-state index < -0.39 is 30.0 Å². The molecule has 8 bridgehead atoms. The van der Waals surface area contributed by atoms with Gasteiger partial charge < -0.3 is 24.3 Å². The molecule has 8 aromatic carbocycles. The molecule has 0 amide bonds. The van der Waals surface area contributed by atoms with Gasteiger partial charge in [-0.2, -0.15) is 0 Å². The molecule has 16 heteroatoms. The van der Waals surface area contributed by atoms with Gasteiger partial charge in [0.25, 0.3) is 0 Å². The van der Waals surface area contributed by atoms with Gasteiger partial charge in [-0.25, -0.2) is 54.1 Å². The number of rotatable bonds is 32. The molecular weight excluding hydrogens is 1250 g/mol. The number of unbranched alkanes of at least 4 members (excludes halogenated alkanes) is 20. The molecule has 0 aromatic heterocycles. The van der Waals surface area contributed by atoms with E-state index in [1.807, 2.05) is 103 Å². The number of benzene rings is 8. The summed E-state index contributed by atoms with van der Waals surface area (Å²) in [5.74, 6) is -1.19. The highest BCUT2D eigenvalue weighted by molar-refractivity contribution is 6.39. The van der Waals surface area contributed by atoms with Crippen LogP contribution in [-0.2, 0) is 18.9 Å². The van der Waals surface area contributed by atoms with Crippen LogP contribution < -0.4 is 5.32 Å². The highest BCUT2D eigenvalue weighted by Gasteiger charge is 2.43. The van der Waals surface area contributed by atoms with Crippen LogP contribution in [0, 0.1) is 0 Å². The first-order valence-corrected chi connectivity index (χ1v) is 37.0. The van der Waals surface area contributed by atoms with Crippen molar-refractivity contribution < 1.29 is 38.1 Å². The van der Waals surface area contributed by atoms with E-state index in [2.05, 4.69) is 51.2 Å². The van der Waals surface area contributed by atoms with E-state index >= 15 is 19.2 Å². The van der Waals surface area contributed by atoms with Gasteiger partial charge in [-0.3, -0.25) is 0 Å². The van der Waals surface area contributed by atoms with Crippen LogP contribution in [0.4, 0.5) is 0 Å². The lowest BCUT2D eigenvalue weighted by Gasteiger charge is -2.19. The molecular formula is C84H90N8O8. The largest absolute Gasteiger partial charge is 0.462 e. The second-order valence-corrected chi connectivity index (χ2v) is 26.9. The van der Waals surface area contributed by atoms with E-state index in [1.165, 1.54) is 0 Å². The van der Waals surface area contributed by atoms with Crippen molar-refractivity contribution in [1.82, 2.24) is 5.32 Å². The molecule has 0 aliphatic carbocycles. The molecule has 1 N–H and O–H groups in total. The first kappa shape index (κ1) is 68.7. The average Bonchev–Trinajstić information content (AvgIpc) is 1.49. The smallest absolute Gasteiger partial charge is 0.339 e. The zero-order chi connectivity index (χ0) is 68.9. The third-order valence-electron chi connectivity index (χ3n) is 19.7. The number of fused-ring (bicyclic) bond motifs is 20. The maximum absolute atomic E-state index is 15.7. The maximum atomic E-state index is 15.7. The highest BCUT2D eigenvalue weighted by atomic mass is 16.5. The minimum Gasteiger partial charge on any atom is -0.462 e. The van der Waals surface area contributed by atoms with E-state index in [-0.39, 0.29) is 94.3 Å². The lowest BCUT2D eigenvalue weighted by atomic mass is 9.88. The van der Waals surface area contributed by atoms with Gasteiger partial charge in [0, 0.05) is 44.5 Å². The van der Waals surface area contributed by atoms with Crippen LogP contribution in [0.5, 0.6) is 0 Å². The Morgan fingerprint density at radius 3 is 1.10 bits per heavy atom. The summed E-state index contributed by atoms with van der Waals surface area (Å²) in [6, 6.07) is 38.9. The van der Waals surface area contributed by atoms with Gasteiger partial charge in [0.1, 0.15) is 11.7 Å². The van der Waals surface area contributed by atoms with Crippen LogP contribution in [0.3, 0.4) is 0 Å². The number of amidine groups is 7. The summed E-state index contributed by atoms with van der Waals surface area (Å²) in [6.07, 6.45) is 22.1. The van der Waals surface area contributed by atoms with Crippen LogP contribution >= 0.6 is 0 Å². The fraction of sp³-hybridized carbons (Fsp3) is 0.393. The number of nitrogens with one attached hydrogen (secondary N) is 1. The Labute approximate surface area is 585 Å². The molecule has 1 unspecified atom stereocenters. The number of esters is 4. The minimum absolute atomic E-state index is 0.0346. The van der Waals surface area contributed by atoms with Crippen molar-refractivity contribution >= 4 is 108 Å². The second kappa shape index (κ2) is 32.4. The van der Waals surface area contributed by atoms with Gasteiger partial charge in [0.15, 0.2) is 35.3 Å². The number of hydrogen-bond donors (Lipinski definition) is 1. The molecule has 13 rings (SSSR count). The van der Waals surface area contributed by atoms with Crippen molar-refractivity contribution in [2.75, 3.05) is 26.4 Å². The summed E-state index contributed by atoms with van der Waals surface area (Å²) in [5.41, 5.74) is 4.14. The predicted molar refractivity (Wildman–Crippen MR) is 402 cm³/mol. The van der Waals surface area contributed by atoms with E-state index in [9.17, 15) is 0 Å². The zero-order valence-corrected chi connectivity index (χ0v) is 58.3. The maximum Gasteiger partial charge on any atom is 0.339 e. The summed E-state index contributed by atoms with van der Waals surface area (Å²) < 4.78 is 25.5. The molecule has 100 heavy (non-hydrogen) atoms. The lowest BCUT2D eigenvalue weighted by Crippen LogP contribution is -2.32. The summed E-state index contributed by atoms with van der Waals surface area (Å²) >= 11 is 0. The van der Waals surface area contributed by atoms with Gasteiger partial charge in [-0.05, 0) is 93.0 Å². The molecule has 16 nitrogen and oxygen atoms in total. The van der Waals surface area contributed by atoms with E-state index in [4.69, 9.17) is 53.9 Å². The van der Waals surface area contributed by atoms with Crippen LogP contribution in [0.1, 0.15) is 274 Å². The molecule has 0 saturated carbocycles. The predicted octanol–water partition coefficient (Wildman–Crippen LogP) is 19.4. The molecule has 5 heterocycles. The monoisotopic (exact) mass is 1340 g/mol. The Balaban J connectivity index is 1.08. The molecule has 0 spiro atoms. The van der Waals surface area contributed by atoms with Gasteiger partial charge in [-0.1, -0.05) is 253 Å². The van der Waals surface area contributed by atoms with Crippen molar-refractivity contribution in [2.24, 2.45) is 34.9 Å². The van der Waals surface area contributed by atoms with Crippen LogP contribution in [0.15, 0.2) is 156 Å². The molecule has 8 aromatic rings. The van der Waals surface area contributed by atoms with Crippen molar-refractivity contribution in [2.45, 2.75) is 188 Å². The molecule has 5 aliphatic rings. The first-order valence-electron chi connectivity index (χ1n) is 37.0.